The van der Waals surface area contributed by atoms with Gasteiger partial charge in [0.1, 0.15) is 11.5 Å². The number of hydrogen-bond acceptors (Lipinski definition) is 1. The zero-order chi connectivity index (χ0) is 11.7. The average molecular weight is 277 g/mol. The van der Waals surface area contributed by atoms with Crippen molar-refractivity contribution in [3.05, 3.63) is 51.3 Å². The second-order valence-electron chi connectivity index (χ2n) is 3.08. The first kappa shape index (κ1) is 11.6. The van der Waals surface area contributed by atoms with Crippen LogP contribution in [0.1, 0.15) is 0 Å². The molecular formula is C11H5Cl3FN. The van der Waals surface area contributed by atoms with E-state index in [2.05, 4.69) is 4.98 Å². The highest BCUT2D eigenvalue weighted by Crippen LogP contribution is 2.35. The minimum absolute atomic E-state index is 0.158. The summed E-state index contributed by atoms with van der Waals surface area (Å²) in [6, 6.07) is 5.78. The molecule has 82 valence electrons. The minimum Gasteiger partial charge on any atom is -0.253 e. The molecule has 0 aliphatic rings. The molecule has 2 rings (SSSR count). The van der Waals surface area contributed by atoms with E-state index in [9.17, 15) is 4.39 Å². The number of aromatic nitrogens is 1. The standard InChI is InChI=1S/C11H5Cl3FN/c12-7-5-9(14)8(13)4-6(7)11-10(15)2-1-3-16-11/h1-5H. The summed E-state index contributed by atoms with van der Waals surface area (Å²) < 4.78 is 13.5. The SMILES string of the molecule is Fc1cccnc1-c1cc(Cl)c(Cl)cc1Cl. The molecule has 0 radical (unpaired) electrons. The average Bonchev–Trinajstić information content (AvgIpc) is 2.25. The Morgan fingerprint density at radius 2 is 1.69 bits per heavy atom. The zero-order valence-corrected chi connectivity index (χ0v) is 10.1. The molecule has 1 heterocycles. The molecule has 0 saturated carbocycles. The third kappa shape index (κ3) is 2.14. The molecule has 0 atom stereocenters. The molecule has 0 spiro atoms. The van der Waals surface area contributed by atoms with E-state index in [1.54, 1.807) is 0 Å². The Hall–Kier alpha value is -0.830. The summed E-state index contributed by atoms with van der Waals surface area (Å²) in [4.78, 5) is 3.92. The van der Waals surface area contributed by atoms with Crippen LogP contribution in [0.2, 0.25) is 15.1 Å². The second-order valence-corrected chi connectivity index (χ2v) is 4.30. The summed E-state index contributed by atoms with van der Waals surface area (Å²) in [5, 5.41) is 0.949. The van der Waals surface area contributed by atoms with Crippen LogP contribution in [0.5, 0.6) is 0 Å². The summed E-state index contributed by atoms with van der Waals surface area (Å²) in [5.41, 5.74) is 0.584. The van der Waals surface area contributed by atoms with E-state index in [4.69, 9.17) is 34.8 Å². The Balaban J connectivity index is 2.65. The van der Waals surface area contributed by atoms with Crippen molar-refractivity contribution in [3.8, 4) is 11.3 Å². The van der Waals surface area contributed by atoms with Gasteiger partial charge in [0.25, 0.3) is 0 Å². The summed E-state index contributed by atoms with van der Waals surface area (Å²) in [7, 11) is 0. The van der Waals surface area contributed by atoms with Gasteiger partial charge in [-0.25, -0.2) is 4.39 Å². The van der Waals surface area contributed by atoms with Crippen LogP contribution in [-0.2, 0) is 0 Å². The highest BCUT2D eigenvalue weighted by atomic mass is 35.5. The third-order valence-electron chi connectivity index (χ3n) is 2.02. The highest BCUT2D eigenvalue weighted by molar-refractivity contribution is 6.44. The molecule has 1 nitrogen and oxygen atoms in total. The first-order valence-corrected chi connectivity index (χ1v) is 5.48. The van der Waals surface area contributed by atoms with E-state index >= 15 is 0 Å². The van der Waals surface area contributed by atoms with Gasteiger partial charge in [-0.1, -0.05) is 34.8 Å². The molecule has 0 saturated heterocycles. The normalized spacial score (nSPS) is 10.5. The smallest absolute Gasteiger partial charge is 0.149 e. The van der Waals surface area contributed by atoms with E-state index < -0.39 is 5.82 Å². The van der Waals surface area contributed by atoms with Gasteiger partial charge in [-0.2, -0.15) is 0 Å². The molecule has 0 amide bonds. The van der Waals surface area contributed by atoms with Crippen LogP contribution >= 0.6 is 34.8 Å². The lowest BCUT2D eigenvalue weighted by atomic mass is 10.1. The zero-order valence-electron chi connectivity index (χ0n) is 7.85. The van der Waals surface area contributed by atoms with Crippen molar-refractivity contribution >= 4 is 34.8 Å². The lowest BCUT2D eigenvalue weighted by Gasteiger charge is -2.06. The summed E-state index contributed by atoms with van der Waals surface area (Å²) in [6.45, 7) is 0. The third-order valence-corrected chi connectivity index (χ3v) is 3.06. The Bertz CT molecular complexity index is 543. The molecule has 5 heteroatoms. The predicted octanol–water partition coefficient (Wildman–Crippen LogP) is 4.85. The molecule has 0 aliphatic carbocycles. The van der Waals surface area contributed by atoms with Gasteiger partial charge in [0, 0.05) is 11.8 Å². The van der Waals surface area contributed by atoms with Crippen LogP contribution < -0.4 is 0 Å². The molecule has 0 unspecified atom stereocenters. The number of hydrogen-bond donors (Lipinski definition) is 0. The van der Waals surface area contributed by atoms with Gasteiger partial charge in [0.05, 0.1) is 15.1 Å². The molecule has 0 bridgehead atoms. The Morgan fingerprint density at radius 1 is 1.00 bits per heavy atom. The van der Waals surface area contributed by atoms with E-state index in [-0.39, 0.29) is 5.69 Å². The van der Waals surface area contributed by atoms with Crippen LogP contribution in [0.15, 0.2) is 30.5 Å². The monoisotopic (exact) mass is 275 g/mol. The quantitative estimate of drug-likeness (QED) is 0.679. The Kier molecular flexibility index (Phi) is 3.33. The lowest BCUT2D eigenvalue weighted by molar-refractivity contribution is 0.626. The first-order valence-electron chi connectivity index (χ1n) is 4.35. The maximum atomic E-state index is 13.5. The van der Waals surface area contributed by atoms with Gasteiger partial charge in [-0.15, -0.1) is 0 Å². The van der Waals surface area contributed by atoms with Gasteiger partial charge in [0.2, 0.25) is 0 Å². The van der Waals surface area contributed by atoms with Gasteiger partial charge >= 0.3 is 0 Å². The van der Waals surface area contributed by atoms with Crippen LogP contribution in [0.3, 0.4) is 0 Å². The molecule has 16 heavy (non-hydrogen) atoms. The maximum absolute atomic E-state index is 13.5. The highest BCUT2D eigenvalue weighted by Gasteiger charge is 2.12. The molecule has 0 aliphatic heterocycles. The van der Waals surface area contributed by atoms with E-state index in [1.165, 1.54) is 30.5 Å². The number of benzene rings is 1. The maximum Gasteiger partial charge on any atom is 0.149 e. The van der Waals surface area contributed by atoms with Gasteiger partial charge < -0.3 is 0 Å². The van der Waals surface area contributed by atoms with Gasteiger partial charge in [-0.05, 0) is 24.3 Å². The molecule has 1 aromatic carbocycles. The molecule has 2 aromatic rings. The molecular weight excluding hydrogens is 271 g/mol. The van der Waals surface area contributed by atoms with Crippen LogP contribution in [0, 0.1) is 5.82 Å². The topological polar surface area (TPSA) is 12.9 Å². The molecule has 1 aromatic heterocycles. The van der Waals surface area contributed by atoms with Crippen LogP contribution in [0.4, 0.5) is 4.39 Å². The van der Waals surface area contributed by atoms with Crippen molar-refractivity contribution in [2.45, 2.75) is 0 Å². The van der Waals surface area contributed by atoms with Crippen molar-refractivity contribution in [1.82, 2.24) is 4.98 Å². The number of halogens is 4. The van der Waals surface area contributed by atoms with Crippen molar-refractivity contribution in [2.24, 2.45) is 0 Å². The fraction of sp³-hybridized carbons (Fsp3) is 0. The van der Waals surface area contributed by atoms with E-state index in [0.717, 1.165) is 0 Å². The lowest BCUT2D eigenvalue weighted by Crippen LogP contribution is -1.89. The summed E-state index contributed by atoms with van der Waals surface area (Å²) >= 11 is 17.6. The van der Waals surface area contributed by atoms with E-state index in [0.29, 0.717) is 20.6 Å². The fourth-order valence-electron chi connectivity index (χ4n) is 1.29. The number of rotatable bonds is 1. The van der Waals surface area contributed by atoms with Crippen molar-refractivity contribution in [2.75, 3.05) is 0 Å². The van der Waals surface area contributed by atoms with Crippen LogP contribution in [-0.4, -0.2) is 4.98 Å². The number of nitrogens with zero attached hydrogens (tertiary/aromatic N) is 1. The summed E-state index contributed by atoms with van der Waals surface area (Å²) in [5.74, 6) is -0.456. The van der Waals surface area contributed by atoms with Crippen molar-refractivity contribution in [1.29, 1.82) is 0 Å². The first-order chi connectivity index (χ1) is 7.59. The molecule has 0 fully saturated rings. The Morgan fingerprint density at radius 3 is 2.38 bits per heavy atom. The van der Waals surface area contributed by atoms with Crippen molar-refractivity contribution < 1.29 is 4.39 Å². The van der Waals surface area contributed by atoms with E-state index in [1.807, 2.05) is 0 Å². The van der Waals surface area contributed by atoms with Gasteiger partial charge in [-0.3, -0.25) is 4.98 Å². The fourth-order valence-corrected chi connectivity index (χ4v) is 1.92. The van der Waals surface area contributed by atoms with Gasteiger partial charge in [0.15, 0.2) is 0 Å². The predicted molar refractivity (Wildman–Crippen MR) is 64.7 cm³/mol. The second kappa shape index (κ2) is 4.58. The summed E-state index contributed by atoms with van der Waals surface area (Å²) in [6.07, 6.45) is 1.48. The van der Waals surface area contributed by atoms with Crippen LogP contribution in [0.25, 0.3) is 11.3 Å². The molecule has 0 N–H and O–H groups in total. The Labute approximate surface area is 107 Å². The number of pyridine rings is 1. The van der Waals surface area contributed by atoms with Crippen molar-refractivity contribution in [3.63, 3.8) is 0 Å². The largest absolute Gasteiger partial charge is 0.253 e. The minimum atomic E-state index is -0.456.